The molecule has 4 aliphatic rings. The van der Waals surface area contributed by atoms with Gasteiger partial charge in [0.05, 0.1) is 11.4 Å². The van der Waals surface area contributed by atoms with Crippen LogP contribution in [0.3, 0.4) is 0 Å². The Labute approximate surface area is 453 Å². The molecular formula is C72H70BN3. The summed E-state index contributed by atoms with van der Waals surface area (Å²) in [5.41, 5.74) is 26.6. The molecule has 4 heteroatoms. The molecule has 0 N–H and O–H groups in total. The summed E-state index contributed by atoms with van der Waals surface area (Å²) in [6.45, 7) is 26.6. The number of anilines is 9. The van der Waals surface area contributed by atoms with Crippen LogP contribution in [0.15, 0.2) is 200 Å². The molecule has 0 spiro atoms. The van der Waals surface area contributed by atoms with Crippen molar-refractivity contribution in [3.63, 3.8) is 0 Å². The first-order valence-electron chi connectivity index (χ1n) is 27.7. The van der Waals surface area contributed by atoms with E-state index in [0.29, 0.717) is 0 Å². The van der Waals surface area contributed by atoms with Crippen molar-refractivity contribution in [2.24, 2.45) is 0 Å². The van der Waals surface area contributed by atoms with Gasteiger partial charge in [0.25, 0.3) is 6.71 Å². The maximum Gasteiger partial charge on any atom is 0.252 e. The highest BCUT2D eigenvalue weighted by Gasteiger charge is 2.49. The first-order chi connectivity index (χ1) is 36.3. The highest BCUT2D eigenvalue weighted by atomic mass is 15.2. The van der Waals surface area contributed by atoms with E-state index in [1.54, 1.807) is 0 Å². The van der Waals surface area contributed by atoms with Crippen molar-refractivity contribution in [3.8, 4) is 22.3 Å². The number of hydrogen-bond donors (Lipinski definition) is 0. The maximum absolute atomic E-state index is 2.69. The lowest BCUT2D eigenvalue weighted by atomic mass is 9.33. The fraction of sp³-hybridized carbons (Fsp3) is 0.250. The fourth-order valence-electron chi connectivity index (χ4n) is 14.7. The smallest absolute Gasteiger partial charge is 0.252 e. The van der Waals surface area contributed by atoms with Crippen LogP contribution in [0.4, 0.5) is 51.2 Å². The molecule has 0 saturated carbocycles. The molecule has 0 fully saturated rings. The Balaban J connectivity index is 1.20. The van der Waals surface area contributed by atoms with Crippen molar-refractivity contribution in [2.45, 2.75) is 116 Å². The van der Waals surface area contributed by atoms with Crippen LogP contribution in [0.1, 0.15) is 117 Å². The van der Waals surface area contributed by atoms with Crippen LogP contribution in [0, 0.1) is 0 Å². The van der Waals surface area contributed by atoms with Crippen LogP contribution >= 0.6 is 0 Å². The van der Waals surface area contributed by atoms with Crippen LogP contribution in [-0.2, 0) is 27.1 Å². The standard InChI is InChI=1S/C72H70BN3/c1-68(2,3)50-33-37-62(55(39-50)48-26-18-13-19-27-48)76-63-38-49(47-24-16-12-17-25-47)32-36-60(63)73-61-43-58-59(72(10,11)46-71(58,8)9)44-64(61)75(53-34-35-56-57(40-53)70(6,7)45-69(56,4)5)65-41-54(42-66(76)67(65)73)74(51-28-20-14-21-29-51)52-30-22-15-23-31-52/h12-44H,45-46H2,1-11H3. The van der Waals surface area contributed by atoms with E-state index in [4.69, 9.17) is 0 Å². The Morgan fingerprint density at radius 2 is 0.895 bits per heavy atom. The van der Waals surface area contributed by atoms with Crippen LogP contribution in [0.5, 0.6) is 0 Å². The first-order valence-corrected chi connectivity index (χ1v) is 27.7. The molecule has 9 aromatic carbocycles. The third-order valence-corrected chi connectivity index (χ3v) is 17.7. The van der Waals surface area contributed by atoms with Gasteiger partial charge in [-0.1, -0.05) is 204 Å². The zero-order valence-corrected chi connectivity index (χ0v) is 46.4. The highest BCUT2D eigenvalue weighted by Crippen LogP contribution is 2.56. The lowest BCUT2D eigenvalue weighted by Gasteiger charge is -2.46. The van der Waals surface area contributed by atoms with E-state index in [1.807, 2.05) is 0 Å². The summed E-state index contributed by atoms with van der Waals surface area (Å²) in [4.78, 5) is 7.81. The van der Waals surface area contributed by atoms with E-state index in [2.05, 4.69) is 291 Å². The Kier molecular flexibility index (Phi) is 10.7. The minimum absolute atomic E-state index is 0.000781. The van der Waals surface area contributed by atoms with Crippen molar-refractivity contribution >= 4 is 74.3 Å². The van der Waals surface area contributed by atoms with Gasteiger partial charge in [0.2, 0.25) is 0 Å². The summed E-state index contributed by atoms with van der Waals surface area (Å²) in [5.74, 6) is 0. The second-order valence-electron chi connectivity index (χ2n) is 26.1. The van der Waals surface area contributed by atoms with Gasteiger partial charge < -0.3 is 14.7 Å². The van der Waals surface area contributed by atoms with Crippen LogP contribution in [0.25, 0.3) is 22.3 Å². The highest BCUT2D eigenvalue weighted by molar-refractivity contribution is 7.00. The van der Waals surface area contributed by atoms with Gasteiger partial charge in [-0.2, -0.15) is 0 Å². The van der Waals surface area contributed by atoms with Crippen molar-refractivity contribution < 1.29 is 0 Å². The second-order valence-corrected chi connectivity index (χ2v) is 26.1. The van der Waals surface area contributed by atoms with Gasteiger partial charge in [-0.15, -0.1) is 0 Å². The lowest BCUT2D eigenvalue weighted by molar-refractivity contribution is 0.403. The van der Waals surface area contributed by atoms with Gasteiger partial charge in [0.15, 0.2) is 0 Å². The average Bonchev–Trinajstić information content (AvgIpc) is 3.89. The van der Waals surface area contributed by atoms with Gasteiger partial charge in [0, 0.05) is 45.4 Å². The molecule has 3 nitrogen and oxygen atoms in total. The molecule has 2 aliphatic heterocycles. The third-order valence-electron chi connectivity index (χ3n) is 17.7. The molecule has 76 heavy (non-hydrogen) atoms. The van der Waals surface area contributed by atoms with Crippen molar-refractivity contribution in [1.29, 1.82) is 0 Å². The van der Waals surface area contributed by atoms with E-state index < -0.39 is 0 Å². The van der Waals surface area contributed by atoms with Crippen molar-refractivity contribution in [1.82, 2.24) is 0 Å². The summed E-state index contributed by atoms with van der Waals surface area (Å²) in [7, 11) is 0. The largest absolute Gasteiger partial charge is 0.311 e. The van der Waals surface area contributed by atoms with Gasteiger partial charge in [-0.25, -0.2) is 0 Å². The van der Waals surface area contributed by atoms with E-state index in [1.165, 1.54) is 94.9 Å². The molecule has 0 atom stereocenters. The van der Waals surface area contributed by atoms with Gasteiger partial charge in [0.1, 0.15) is 0 Å². The number of rotatable bonds is 7. The topological polar surface area (TPSA) is 9.72 Å². The molecule has 13 rings (SSSR count). The van der Waals surface area contributed by atoms with E-state index in [9.17, 15) is 0 Å². The summed E-state index contributed by atoms with van der Waals surface area (Å²) in [6.07, 6.45) is 2.20. The van der Waals surface area contributed by atoms with Gasteiger partial charge in [-0.3, -0.25) is 0 Å². The Hall–Kier alpha value is -7.56. The number of fused-ring (bicyclic) bond motifs is 6. The zero-order valence-electron chi connectivity index (χ0n) is 46.4. The van der Waals surface area contributed by atoms with Crippen LogP contribution < -0.4 is 31.1 Å². The lowest BCUT2D eigenvalue weighted by Crippen LogP contribution is -2.61. The predicted octanol–water partition coefficient (Wildman–Crippen LogP) is 17.8. The molecule has 0 aromatic heterocycles. The molecule has 0 unspecified atom stereocenters. The number of benzene rings is 9. The molecule has 0 amide bonds. The van der Waals surface area contributed by atoms with E-state index in [-0.39, 0.29) is 33.8 Å². The van der Waals surface area contributed by atoms with E-state index in [0.717, 1.165) is 35.6 Å². The summed E-state index contributed by atoms with van der Waals surface area (Å²) >= 11 is 0. The average molecular weight is 988 g/mol. The minimum atomic E-state index is -0.0646. The van der Waals surface area contributed by atoms with Gasteiger partial charge in [-0.05, 0) is 174 Å². The molecule has 2 aliphatic carbocycles. The maximum atomic E-state index is 2.69. The molecule has 0 radical (unpaired) electrons. The Bertz CT molecular complexity index is 3710. The van der Waals surface area contributed by atoms with Crippen LogP contribution in [-0.4, -0.2) is 6.71 Å². The summed E-state index contributed by atoms with van der Waals surface area (Å²) in [5, 5.41) is 0. The zero-order chi connectivity index (χ0) is 52.7. The fourth-order valence-corrected chi connectivity index (χ4v) is 14.7. The van der Waals surface area contributed by atoms with Crippen molar-refractivity contribution in [2.75, 3.05) is 14.7 Å². The van der Waals surface area contributed by atoms with Crippen LogP contribution in [0.2, 0.25) is 0 Å². The quantitative estimate of drug-likeness (QED) is 0.147. The third kappa shape index (κ3) is 7.61. The molecule has 9 aromatic rings. The summed E-state index contributed by atoms with van der Waals surface area (Å²) in [6, 6.07) is 76.4. The van der Waals surface area contributed by atoms with Gasteiger partial charge >= 0.3 is 0 Å². The molecule has 2 heterocycles. The normalized spacial score (nSPS) is 16.9. The first kappa shape index (κ1) is 48.1. The Morgan fingerprint density at radius 3 is 1.49 bits per heavy atom. The Morgan fingerprint density at radius 1 is 0.382 bits per heavy atom. The SMILES string of the molecule is CC(C)(C)c1ccc(N2c3cc(-c4ccccc4)ccc3B3c4cc5c(cc4N(c4ccc6c(c4)C(C)(C)CC6(C)C)c4cc(N(c6ccccc6)c6ccccc6)cc2c43)C(C)(C)CC5(C)C)c(-c2ccccc2)c1. The molecule has 376 valence electrons. The van der Waals surface area contributed by atoms with E-state index >= 15 is 0 Å². The monoisotopic (exact) mass is 988 g/mol. The second kappa shape index (κ2) is 17.0. The molecular weight excluding hydrogens is 918 g/mol. The number of hydrogen-bond acceptors (Lipinski definition) is 3. The predicted molar refractivity (Wildman–Crippen MR) is 326 cm³/mol. The molecule has 0 saturated heterocycles. The van der Waals surface area contributed by atoms with Crippen molar-refractivity contribution in [3.05, 3.63) is 228 Å². The molecule has 0 bridgehead atoms. The number of para-hydroxylation sites is 2. The minimum Gasteiger partial charge on any atom is -0.311 e. The summed E-state index contributed by atoms with van der Waals surface area (Å²) < 4.78 is 0. The number of nitrogens with zero attached hydrogens (tertiary/aromatic N) is 3.